The molecule has 2 rings (SSSR count). The zero-order valence-corrected chi connectivity index (χ0v) is 10.7. The molecule has 2 amide bonds. The van der Waals surface area contributed by atoms with Gasteiger partial charge in [0.15, 0.2) is 0 Å². The Labute approximate surface area is 110 Å². The first-order chi connectivity index (χ1) is 9.02. The summed E-state index contributed by atoms with van der Waals surface area (Å²) in [6.07, 6.45) is 0.369. The van der Waals surface area contributed by atoms with Crippen molar-refractivity contribution in [2.45, 2.75) is 19.1 Å². The molecule has 1 aromatic heterocycles. The van der Waals surface area contributed by atoms with Crippen molar-refractivity contribution in [3.05, 3.63) is 23.4 Å². The van der Waals surface area contributed by atoms with Crippen molar-refractivity contribution >= 4 is 17.8 Å². The van der Waals surface area contributed by atoms with Gasteiger partial charge in [0, 0.05) is 25.4 Å². The van der Waals surface area contributed by atoms with Crippen molar-refractivity contribution < 1.29 is 19.4 Å². The number of carbonyl (C=O) groups excluding carboxylic acids is 2. The van der Waals surface area contributed by atoms with E-state index in [2.05, 4.69) is 15.0 Å². The molecule has 1 atom stereocenters. The van der Waals surface area contributed by atoms with Crippen LogP contribution in [0.5, 0.6) is 0 Å². The second-order valence-electron chi connectivity index (χ2n) is 4.27. The third kappa shape index (κ3) is 2.65. The molecule has 0 aliphatic carbocycles. The van der Waals surface area contributed by atoms with Crippen LogP contribution in [0.25, 0.3) is 0 Å². The molecule has 2 N–H and O–H groups in total. The number of anilines is 1. The normalized spacial score (nSPS) is 15.5. The van der Waals surface area contributed by atoms with Gasteiger partial charge in [0.25, 0.3) is 0 Å². The minimum atomic E-state index is -0.965. The Morgan fingerprint density at radius 2 is 2.42 bits per heavy atom. The lowest BCUT2D eigenvalue weighted by atomic mass is 10.1. The lowest BCUT2D eigenvalue weighted by molar-refractivity contribution is -0.142. The van der Waals surface area contributed by atoms with E-state index in [1.807, 2.05) is 0 Å². The second-order valence-corrected chi connectivity index (χ2v) is 4.27. The largest absolute Gasteiger partial charge is 0.469 e. The summed E-state index contributed by atoms with van der Waals surface area (Å²) in [5.74, 6) is 0.0633. The van der Waals surface area contributed by atoms with Gasteiger partial charge in [-0.15, -0.1) is 0 Å². The van der Waals surface area contributed by atoms with E-state index in [1.54, 1.807) is 13.1 Å². The standard InChI is InChI=1S/C12H15N3O4/c1-15-11-8(6-14-12(15)18)3-7(5-13-11)9(16)4-10(17)19-2/h3,5,9,16H,4,6H2,1-2H3,(H,14,18). The summed E-state index contributed by atoms with van der Waals surface area (Å²) in [6, 6.07) is 1.51. The number of aliphatic hydroxyl groups is 1. The summed E-state index contributed by atoms with van der Waals surface area (Å²) in [4.78, 5) is 28.1. The molecule has 0 saturated carbocycles. The Hall–Kier alpha value is -2.15. The van der Waals surface area contributed by atoms with E-state index in [4.69, 9.17) is 0 Å². The Bertz CT molecular complexity index is 518. The molecule has 1 aromatic rings. The molecule has 2 heterocycles. The van der Waals surface area contributed by atoms with Gasteiger partial charge in [-0.1, -0.05) is 0 Å². The van der Waals surface area contributed by atoms with Gasteiger partial charge >= 0.3 is 12.0 Å². The van der Waals surface area contributed by atoms with Crippen LogP contribution in [-0.2, 0) is 16.1 Å². The predicted molar refractivity (Wildman–Crippen MR) is 66.5 cm³/mol. The molecule has 0 spiro atoms. The lowest BCUT2D eigenvalue weighted by Gasteiger charge is -2.26. The first kappa shape index (κ1) is 13.3. The van der Waals surface area contributed by atoms with E-state index in [0.29, 0.717) is 17.9 Å². The number of hydrogen-bond donors (Lipinski definition) is 2. The van der Waals surface area contributed by atoms with Crippen LogP contribution in [0, 0.1) is 0 Å². The third-order valence-corrected chi connectivity index (χ3v) is 2.99. The van der Waals surface area contributed by atoms with Crippen LogP contribution >= 0.6 is 0 Å². The van der Waals surface area contributed by atoms with E-state index in [9.17, 15) is 14.7 Å². The molecule has 7 heteroatoms. The summed E-state index contributed by atoms with van der Waals surface area (Å²) in [5.41, 5.74) is 1.32. The highest BCUT2D eigenvalue weighted by atomic mass is 16.5. The van der Waals surface area contributed by atoms with Gasteiger partial charge in [0.1, 0.15) is 5.82 Å². The molecule has 1 aliphatic heterocycles. The minimum Gasteiger partial charge on any atom is -0.469 e. The number of carbonyl (C=O) groups is 2. The van der Waals surface area contributed by atoms with Gasteiger partial charge in [-0.25, -0.2) is 9.78 Å². The van der Waals surface area contributed by atoms with Crippen LogP contribution in [0.1, 0.15) is 23.7 Å². The molecule has 7 nitrogen and oxygen atoms in total. The second kappa shape index (κ2) is 5.23. The first-order valence-electron chi connectivity index (χ1n) is 5.78. The molecule has 0 saturated heterocycles. The average molecular weight is 265 g/mol. The highest BCUT2D eigenvalue weighted by Gasteiger charge is 2.23. The summed E-state index contributed by atoms with van der Waals surface area (Å²) in [5, 5.41) is 12.6. The number of esters is 1. The van der Waals surface area contributed by atoms with Crippen molar-refractivity contribution in [1.82, 2.24) is 10.3 Å². The number of aliphatic hydroxyl groups excluding tert-OH is 1. The number of pyridine rings is 1. The van der Waals surface area contributed by atoms with Crippen molar-refractivity contribution in [1.29, 1.82) is 0 Å². The Morgan fingerprint density at radius 1 is 1.68 bits per heavy atom. The van der Waals surface area contributed by atoms with Crippen LogP contribution in [0.15, 0.2) is 12.3 Å². The quantitative estimate of drug-likeness (QED) is 0.769. The van der Waals surface area contributed by atoms with Crippen molar-refractivity contribution in [2.75, 3.05) is 19.1 Å². The molecule has 0 aromatic carbocycles. The van der Waals surface area contributed by atoms with Crippen molar-refractivity contribution in [3.8, 4) is 0 Å². The van der Waals surface area contributed by atoms with Gasteiger partial charge in [0.2, 0.25) is 0 Å². The van der Waals surface area contributed by atoms with Crippen LogP contribution < -0.4 is 10.2 Å². The maximum atomic E-state index is 11.4. The SMILES string of the molecule is COC(=O)CC(O)c1cnc2c(c1)CNC(=O)N2C. The number of methoxy groups -OCH3 is 1. The lowest BCUT2D eigenvalue weighted by Crippen LogP contribution is -2.42. The van der Waals surface area contributed by atoms with Gasteiger partial charge in [-0.2, -0.15) is 0 Å². The highest BCUT2D eigenvalue weighted by Crippen LogP contribution is 2.25. The Morgan fingerprint density at radius 3 is 3.11 bits per heavy atom. The molecular weight excluding hydrogens is 250 g/mol. The molecule has 1 unspecified atom stereocenters. The van der Waals surface area contributed by atoms with Gasteiger partial charge in [-0.3, -0.25) is 9.69 Å². The monoisotopic (exact) mass is 265 g/mol. The smallest absolute Gasteiger partial charge is 0.323 e. The number of rotatable bonds is 3. The van der Waals surface area contributed by atoms with Gasteiger partial charge in [-0.05, 0) is 11.6 Å². The fourth-order valence-electron chi connectivity index (χ4n) is 1.88. The Balaban J connectivity index is 2.22. The number of fused-ring (bicyclic) bond motifs is 1. The van der Waals surface area contributed by atoms with E-state index in [0.717, 1.165) is 5.56 Å². The molecule has 19 heavy (non-hydrogen) atoms. The summed E-state index contributed by atoms with van der Waals surface area (Å²) in [6.45, 7) is 0.351. The Kier molecular flexibility index (Phi) is 3.66. The zero-order chi connectivity index (χ0) is 14.0. The minimum absolute atomic E-state index is 0.126. The molecule has 0 bridgehead atoms. The van der Waals surface area contributed by atoms with E-state index >= 15 is 0 Å². The maximum absolute atomic E-state index is 11.4. The third-order valence-electron chi connectivity index (χ3n) is 2.99. The number of nitrogens with one attached hydrogen (secondary N) is 1. The number of nitrogens with zero attached hydrogens (tertiary/aromatic N) is 2. The number of ether oxygens (including phenoxy) is 1. The maximum Gasteiger partial charge on any atom is 0.323 e. The van der Waals surface area contributed by atoms with Crippen molar-refractivity contribution in [3.63, 3.8) is 0 Å². The van der Waals surface area contributed by atoms with Gasteiger partial charge < -0.3 is 15.2 Å². The summed E-state index contributed by atoms with van der Waals surface area (Å²) < 4.78 is 4.50. The number of aromatic nitrogens is 1. The molecule has 0 fully saturated rings. The molecule has 102 valence electrons. The number of amides is 2. The number of hydrogen-bond acceptors (Lipinski definition) is 5. The van der Waals surface area contributed by atoms with Crippen LogP contribution in [-0.4, -0.2) is 36.2 Å². The van der Waals surface area contributed by atoms with Gasteiger partial charge in [0.05, 0.1) is 19.6 Å². The topological polar surface area (TPSA) is 91.8 Å². The van der Waals surface area contributed by atoms with E-state index in [1.165, 1.54) is 18.2 Å². The van der Waals surface area contributed by atoms with E-state index in [-0.39, 0.29) is 12.5 Å². The van der Waals surface area contributed by atoms with Crippen molar-refractivity contribution in [2.24, 2.45) is 0 Å². The molecule has 0 radical (unpaired) electrons. The molecule has 1 aliphatic rings. The van der Waals surface area contributed by atoms with Crippen LogP contribution in [0.4, 0.5) is 10.6 Å². The molecular formula is C12H15N3O4. The first-order valence-corrected chi connectivity index (χ1v) is 5.78. The summed E-state index contributed by atoms with van der Waals surface area (Å²) in [7, 11) is 2.88. The zero-order valence-electron chi connectivity index (χ0n) is 10.7. The average Bonchev–Trinajstić information content (AvgIpc) is 2.42. The van der Waals surface area contributed by atoms with E-state index < -0.39 is 12.1 Å². The fourth-order valence-corrected chi connectivity index (χ4v) is 1.88. The number of urea groups is 1. The predicted octanol–water partition coefficient (Wildman–Crippen LogP) is 0.337. The van der Waals surface area contributed by atoms with Crippen LogP contribution in [0.3, 0.4) is 0 Å². The highest BCUT2D eigenvalue weighted by molar-refractivity contribution is 5.93. The fraction of sp³-hybridized carbons (Fsp3) is 0.417. The van der Waals surface area contributed by atoms with Crippen LogP contribution in [0.2, 0.25) is 0 Å². The summed E-state index contributed by atoms with van der Waals surface area (Å²) >= 11 is 0.